The van der Waals surface area contributed by atoms with Crippen LogP contribution in [0.3, 0.4) is 0 Å². The SMILES string of the molecule is O=C(/C=C1\NCCc2cc3c(cc21)OCO3)CCCN1C(=O)c2ccccc2C1=O. The third-order valence-corrected chi connectivity index (χ3v) is 5.59. The molecule has 0 unspecified atom stereocenters. The predicted molar refractivity (Wildman–Crippen MR) is 108 cm³/mol. The van der Waals surface area contributed by atoms with Crippen molar-refractivity contribution in [1.29, 1.82) is 0 Å². The van der Waals surface area contributed by atoms with Crippen molar-refractivity contribution in [2.75, 3.05) is 19.9 Å². The highest BCUT2D eigenvalue weighted by molar-refractivity contribution is 6.21. The standard InChI is InChI=1S/C23H20N2O5/c26-15(4-3-9-25-22(27)16-5-1-2-6-17(16)23(25)28)11-19-18-12-21-20(29-13-30-21)10-14(18)7-8-24-19/h1-2,5-6,10-12,24H,3-4,7-9,13H2/b19-11-. The fraction of sp³-hybridized carbons (Fsp3) is 0.261. The van der Waals surface area contributed by atoms with Gasteiger partial charge >= 0.3 is 0 Å². The van der Waals surface area contributed by atoms with Crippen molar-refractivity contribution < 1.29 is 23.9 Å². The number of ketones is 1. The Balaban J connectivity index is 1.24. The minimum Gasteiger partial charge on any atom is -0.454 e. The lowest BCUT2D eigenvalue weighted by atomic mass is 9.96. The molecule has 2 aromatic carbocycles. The number of hydrogen-bond acceptors (Lipinski definition) is 6. The molecule has 0 radical (unpaired) electrons. The summed E-state index contributed by atoms with van der Waals surface area (Å²) in [5.74, 6) is 0.782. The molecule has 152 valence electrons. The van der Waals surface area contributed by atoms with Gasteiger partial charge in [-0.15, -0.1) is 0 Å². The van der Waals surface area contributed by atoms with Crippen LogP contribution in [0.1, 0.15) is 44.7 Å². The molecule has 0 bridgehead atoms. The molecule has 5 rings (SSSR count). The lowest BCUT2D eigenvalue weighted by Gasteiger charge is -2.21. The number of fused-ring (bicyclic) bond motifs is 3. The van der Waals surface area contributed by atoms with E-state index in [1.54, 1.807) is 30.3 Å². The molecule has 7 heteroatoms. The van der Waals surface area contributed by atoms with E-state index in [0.29, 0.717) is 23.3 Å². The zero-order valence-electron chi connectivity index (χ0n) is 16.3. The van der Waals surface area contributed by atoms with Crippen molar-refractivity contribution in [1.82, 2.24) is 10.2 Å². The maximum atomic E-state index is 12.5. The van der Waals surface area contributed by atoms with Gasteiger partial charge in [-0.1, -0.05) is 12.1 Å². The Morgan fingerprint density at radius 2 is 1.73 bits per heavy atom. The second-order valence-corrected chi connectivity index (χ2v) is 7.47. The number of allylic oxidation sites excluding steroid dienone is 1. The average Bonchev–Trinajstić information content (AvgIpc) is 3.30. The van der Waals surface area contributed by atoms with Crippen molar-refractivity contribution in [3.63, 3.8) is 0 Å². The van der Waals surface area contributed by atoms with Crippen LogP contribution in [0.2, 0.25) is 0 Å². The van der Waals surface area contributed by atoms with E-state index in [9.17, 15) is 14.4 Å². The summed E-state index contributed by atoms with van der Waals surface area (Å²) in [6.07, 6.45) is 3.11. The molecular weight excluding hydrogens is 384 g/mol. The molecule has 3 aliphatic rings. The summed E-state index contributed by atoms with van der Waals surface area (Å²) in [4.78, 5) is 38.6. The van der Waals surface area contributed by atoms with Gasteiger partial charge in [-0.05, 0) is 42.7 Å². The number of nitrogens with one attached hydrogen (secondary N) is 1. The van der Waals surface area contributed by atoms with Gasteiger partial charge in [-0.25, -0.2) is 0 Å². The van der Waals surface area contributed by atoms with Crippen molar-refractivity contribution >= 4 is 23.3 Å². The van der Waals surface area contributed by atoms with Crippen molar-refractivity contribution in [2.45, 2.75) is 19.3 Å². The second kappa shape index (κ2) is 7.33. The van der Waals surface area contributed by atoms with Crippen LogP contribution in [-0.2, 0) is 11.2 Å². The van der Waals surface area contributed by atoms with Gasteiger partial charge in [0.05, 0.1) is 11.1 Å². The van der Waals surface area contributed by atoms with Crippen molar-refractivity contribution in [3.8, 4) is 11.5 Å². The van der Waals surface area contributed by atoms with Crippen LogP contribution in [0.4, 0.5) is 0 Å². The molecule has 2 amide bonds. The van der Waals surface area contributed by atoms with E-state index in [1.807, 2.05) is 12.1 Å². The van der Waals surface area contributed by atoms with E-state index in [0.717, 1.165) is 35.5 Å². The van der Waals surface area contributed by atoms with Crippen LogP contribution < -0.4 is 14.8 Å². The maximum absolute atomic E-state index is 12.5. The highest BCUT2D eigenvalue weighted by Gasteiger charge is 2.34. The largest absolute Gasteiger partial charge is 0.454 e. The second-order valence-electron chi connectivity index (χ2n) is 7.47. The Hall–Kier alpha value is -3.61. The van der Waals surface area contributed by atoms with Gasteiger partial charge in [-0.3, -0.25) is 19.3 Å². The number of nitrogens with zero attached hydrogens (tertiary/aromatic N) is 1. The monoisotopic (exact) mass is 404 g/mol. The van der Waals surface area contributed by atoms with Gasteiger partial charge in [-0.2, -0.15) is 0 Å². The van der Waals surface area contributed by atoms with Crippen LogP contribution >= 0.6 is 0 Å². The third kappa shape index (κ3) is 3.12. The number of hydrogen-bond donors (Lipinski definition) is 1. The predicted octanol–water partition coefficient (Wildman–Crippen LogP) is 2.55. The molecule has 0 saturated carbocycles. The molecule has 1 N–H and O–H groups in total. The summed E-state index contributed by atoms with van der Waals surface area (Å²) in [6, 6.07) is 10.7. The Morgan fingerprint density at radius 3 is 2.47 bits per heavy atom. The molecule has 0 spiro atoms. The highest BCUT2D eigenvalue weighted by atomic mass is 16.7. The number of amides is 2. The van der Waals surface area contributed by atoms with Crippen LogP contribution in [0.5, 0.6) is 11.5 Å². The topological polar surface area (TPSA) is 84.9 Å². The fourth-order valence-corrected chi connectivity index (χ4v) is 4.08. The first-order chi connectivity index (χ1) is 14.6. The summed E-state index contributed by atoms with van der Waals surface area (Å²) in [5.41, 5.74) is 3.68. The molecule has 0 saturated heterocycles. The van der Waals surface area contributed by atoms with Gasteiger partial charge in [0.15, 0.2) is 17.3 Å². The number of rotatable bonds is 5. The molecule has 3 aliphatic heterocycles. The molecule has 0 atom stereocenters. The van der Waals surface area contributed by atoms with Gasteiger partial charge < -0.3 is 14.8 Å². The van der Waals surface area contributed by atoms with Gasteiger partial charge in [0, 0.05) is 36.8 Å². The van der Waals surface area contributed by atoms with Gasteiger partial charge in [0.1, 0.15) is 0 Å². The number of benzene rings is 2. The molecule has 3 heterocycles. The van der Waals surface area contributed by atoms with E-state index in [-0.39, 0.29) is 37.4 Å². The van der Waals surface area contributed by atoms with Crippen LogP contribution in [-0.4, -0.2) is 42.4 Å². The summed E-state index contributed by atoms with van der Waals surface area (Å²) in [5, 5.41) is 3.28. The summed E-state index contributed by atoms with van der Waals surface area (Å²) < 4.78 is 10.9. The fourth-order valence-electron chi connectivity index (χ4n) is 4.08. The minimum absolute atomic E-state index is 0.0559. The summed E-state index contributed by atoms with van der Waals surface area (Å²) >= 11 is 0. The first-order valence-corrected chi connectivity index (χ1v) is 9.98. The van der Waals surface area contributed by atoms with Crippen molar-refractivity contribution in [2.24, 2.45) is 0 Å². The summed E-state index contributed by atoms with van der Waals surface area (Å²) in [6.45, 7) is 1.17. The van der Waals surface area contributed by atoms with Gasteiger partial charge in [0.25, 0.3) is 11.8 Å². The molecular formula is C23H20N2O5. The maximum Gasteiger partial charge on any atom is 0.261 e. The number of imide groups is 1. The first-order valence-electron chi connectivity index (χ1n) is 9.98. The summed E-state index contributed by atoms with van der Waals surface area (Å²) in [7, 11) is 0. The van der Waals surface area contributed by atoms with Gasteiger partial charge in [0.2, 0.25) is 6.79 Å². The Kier molecular flexibility index (Phi) is 4.50. The van der Waals surface area contributed by atoms with Crippen molar-refractivity contribution in [3.05, 3.63) is 64.7 Å². The number of carbonyl (C=O) groups excluding carboxylic acids is 3. The zero-order chi connectivity index (χ0) is 20.7. The normalized spacial score (nSPS) is 17.7. The molecule has 2 aromatic rings. The van der Waals surface area contributed by atoms with Crippen LogP contribution in [0, 0.1) is 0 Å². The van der Waals surface area contributed by atoms with E-state index >= 15 is 0 Å². The molecule has 0 aliphatic carbocycles. The van der Waals surface area contributed by atoms with E-state index in [1.165, 1.54) is 4.90 Å². The number of ether oxygens (including phenoxy) is 2. The van der Waals surface area contributed by atoms with E-state index in [4.69, 9.17) is 9.47 Å². The van der Waals surface area contributed by atoms with E-state index < -0.39 is 0 Å². The quantitative estimate of drug-likeness (QED) is 0.609. The van der Waals surface area contributed by atoms with Crippen LogP contribution in [0.25, 0.3) is 5.70 Å². The lowest BCUT2D eigenvalue weighted by Crippen LogP contribution is -2.31. The third-order valence-electron chi connectivity index (χ3n) is 5.59. The smallest absolute Gasteiger partial charge is 0.261 e. The Labute approximate surface area is 173 Å². The van der Waals surface area contributed by atoms with E-state index in [2.05, 4.69) is 5.32 Å². The molecule has 0 fully saturated rings. The average molecular weight is 404 g/mol. The minimum atomic E-state index is -0.291. The number of carbonyl (C=O) groups is 3. The lowest BCUT2D eigenvalue weighted by molar-refractivity contribution is -0.114. The highest BCUT2D eigenvalue weighted by Crippen LogP contribution is 2.38. The Morgan fingerprint density at radius 1 is 1.03 bits per heavy atom. The first kappa shape index (κ1) is 18.4. The Bertz CT molecular complexity index is 1070. The molecule has 30 heavy (non-hydrogen) atoms. The molecule has 7 nitrogen and oxygen atoms in total. The zero-order valence-corrected chi connectivity index (χ0v) is 16.3. The van der Waals surface area contributed by atoms with Crippen LogP contribution in [0.15, 0.2) is 42.5 Å². The molecule has 0 aromatic heterocycles.